The minimum atomic E-state index is 0. The quantitative estimate of drug-likeness (QED) is 0.443. The Bertz CT molecular complexity index is 8.85. The summed E-state index contributed by atoms with van der Waals surface area (Å²) >= 11 is 0. The van der Waals surface area contributed by atoms with Gasteiger partial charge in [-0.15, -0.1) is 0 Å². The number of aliphatic hydroxyl groups is 1. The van der Waals surface area contributed by atoms with Gasteiger partial charge in [-0.3, -0.25) is 0 Å². The summed E-state index contributed by atoms with van der Waals surface area (Å²) in [6.45, 7) is 2.25. The molecule has 0 aliphatic heterocycles. The van der Waals surface area contributed by atoms with Crippen molar-refractivity contribution in [3.8, 4) is 0 Å². The standard InChI is InChI=1S/C3H8O.Na/c1-2-3-4;/h4H,2-3H2,1H3;. The van der Waals surface area contributed by atoms with E-state index in [1.807, 2.05) is 6.92 Å². The van der Waals surface area contributed by atoms with Crippen molar-refractivity contribution in [2.75, 3.05) is 6.61 Å². The molecular weight excluding hydrogens is 75.0 g/mol. The summed E-state index contributed by atoms with van der Waals surface area (Å²) in [6.07, 6.45) is 0.875. The van der Waals surface area contributed by atoms with Gasteiger partial charge in [-0.1, -0.05) is 6.92 Å². The zero-order valence-corrected chi connectivity index (χ0v) is 5.86. The molecule has 0 bridgehead atoms. The predicted molar refractivity (Wildman–Crippen MR) is 23.1 cm³/mol. The molecule has 0 aliphatic rings. The van der Waals surface area contributed by atoms with Crippen LogP contribution in [0.25, 0.3) is 0 Å². The Hall–Kier alpha value is 0.960. The van der Waals surface area contributed by atoms with Crippen LogP contribution in [0.1, 0.15) is 13.3 Å². The van der Waals surface area contributed by atoms with Crippen LogP contribution in [-0.4, -0.2) is 41.3 Å². The average Bonchev–Trinajstić information content (AvgIpc) is 1.37. The molecule has 1 nitrogen and oxygen atoms in total. The van der Waals surface area contributed by atoms with Gasteiger partial charge < -0.3 is 5.11 Å². The minimum absolute atomic E-state index is 0. The molecule has 0 amide bonds. The second-order valence-corrected chi connectivity index (χ2v) is 0.724. The Morgan fingerprint density at radius 3 is 1.80 bits per heavy atom. The summed E-state index contributed by atoms with van der Waals surface area (Å²) in [5.74, 6) is 0. The molecule has 0 fully saturated rings. The fourth-order valence-electron chi connectivity index (χ4n) is 0. The topological polar surface area (TPSA) is 20.2 Å². The van der Waals surface area contributed by atoms with E-state index in [-0.39, 0.29) is 29.6 Å². The molecule has 0 atom stereocenters. The van der Waals surface area contributed by atoms with Crippen LogP contribution in [0.5, 0.6) is 0 Å². The van der Waals surface area contributed by atoms with E-state index in [1.54, 1.807) is 0 Å². The average molecular weight is 83.1 g/mol. The largest absolute Gasteiger partial charge is 0.396 e. The number of rotatable bonds is 1. The van der Waals surface area contributed by atoms with Gasteiger partial charge in [-0.2, -0.15) is 0 Å². The van der Waals surface area contributed by atoms with Gasteiger partial charge in [0.25, 0.3) is 0 Å². The third-order valence-corrected chi connectivity index (χ3v) is 0.224. The molecule has 0 aromatic rings. The van der Waals surface area contributed by atoms with E-state index in [2.05, 4.69) is 0 Å². The smallest absolute Gasteiger partial charge is 0.0428 e. The summed E-state index contributed by atoms with van der Waals surface area (Å²) in [4.78, 5) is 0. The molecule has 0 aromatic carbocycles. The molecule has 1 N–H and O–H groups in total. The van der Waals surface area contributed by atoms with Gasteiger partial charge in [0.2, 0.25) is 0 Å². The van der Waals surface area contributed by atoms with Crippen LogP contribution in [0.3, 0.4) is 0 Å². The molecule has 0 unspecified atom stereocenters. The van der Waals surface area contributed by atoms with Crippen LogP contribution in [0, 0.1) is 0 Å². The first-order chi connectivity index (χ1) is 1.91. The van der Waals surface area contributed by atoms with Crippen LogP contribution in [0.15, 0.2) is 0 Å². The molecule has 0 aromatic heterocycles. The van der Waals surface area contributed by atoms with Crippen molar-refractivity contribution in [2.45, 2.75) is 13.3 Å². The first kappa shape index (κ1) is 9.35. The maximum atomic E-state index is 7.88. The summed E-state index contributed by atoms with van der Waals surface area (Å²) in [6, 6.07) is 0. The Balaban J connectivity index is 0. The fourth-order valence-corrected chi connectivity index (χ4v) is 0. The van der Waals surface area contributed by atoms with Crippen LogP contribution in [-0.2, 0) is 0 Å². The summed E-state index contributed by atoms with van der Waals surface area (Å²) in [5.41, 5.74) is 0. The minimum Gasteiger partial charge on any atom is -0.396 e. The third kappa shape index (κ3) is 11.3. The van der Waals surface area contributed by atoms with Gasteiger partial charge in [0.05, 0.1) is 0 Å². The van der Waals surface area contributed by atoms with E-state index in [0.29, 0.717) is 6.61 Å². The van der Waals surface area contributed by atoms with Crippen molar-refractivity contribution in [3.05, 3.63) is 0 Å². The first-order valence-electron chi connectivity index (χ1n) is 1.52. The summed E-state index contributed by atoms with van der Waals surface area (Å²) in [5, 5.41) is 7.88. The van der Waals surface area contributed by atoms with Crippen molar-refractivity contribution in [1.82, 2.24) is 0 Å². The SMILES string of the molecule is CCCO.[Na]. The van der Waals surface area contributed by atoms with Gasteiger partial charge in [0.1, 0.15) is 0 Å². The Morgan fingerprint density at radius 1 is 1.60 bits per heavy atom. The van der Waals surface area contributed by atoms with Crippen molar-refractivity contribution in [3.63, 3.8) is 0 Å². The van der Waals surface area contributed by atoms with Gasteiger partial charge >= 0.3 is 0 Å². The monoisotopic (exact) mass is 83.0 g/mol. The molecule has 0 saturated carbocycles. The van der Waals surface area contributed by atoms with E-state index in [9.17, 15) is 0 Å². The molecule has 0 heterocycles. The number of hydrogen-bond acceptors (Lipinski definition) is 1. The van der Waals surface area contributed by atoms with Crippen LogP contribution >= 0.6 is 0 Å². The molecule has 0 aliphatic carbocycles. The molecule has 0 saturated heterocycles. The predicted octanol–water partition coefficient (Wildman–Crippen LogP) is 0.00790. The Labute approximate surface area is 54.7 Å². The molecule has 5 heavy (non-hydrogen) atoms. The van der Waals surface area contributed by atoms with E-state index < -0.39 is 0 Å². The third-order valence-electron chi connectivity index (χ3n) is 0.224. The van der Waals surface area contributed by atoms with Crippen molar-refractivity contribution < 1.29 is 5.11 Å². The maximum absolute atomic E-state index is 7.88. The molecule has 2 heteroatoms. The van der Waals surface area contributed by atoms with Gasteiger partial charge in [-0.05, 0) is 6.42 Å². The zero-order chi connectivity index (χ0) is 3.41. The maximum Gasteiger partial charge on any atom is 0.0428 e. The Kier molecular flexibility index (Phi) is 16.6. The normalized spacial score (nSPS) is 6.00. The molecular formula is C3H8NaO. The van der Waals surface area contributed by atoms with Crippen LogP contribution in [0.2, 0.25) is 0 Å². The van der Waals surface area contributed by atoms with Crippen molar-refractivity contribution in [2.24, 2.45) is 0 Å². The molecule has 27 valence electrons. The van der Waals surface area contributed by atoms with Crippen molar-refractivity contribution >= 4 is 29.6 Å². The van der Waals surface area contributed by atoms with Crippen LogP contribution in [0.4, 0.5) is 0 Å². The van der Waals surface area contributed by atoms with E-state index >= 15 is 0 Å². The van der Waals surface area contributed by atoms with E-state index in [0.717, 1.165) is 6.42 Å². The van der Waals surface area contributed by atoms with E-state index in [1.165, 1.54) is 0 Å². The van der Waals surface area contributed by atoms with E-state index in [4.69, 9.17) is 5.11 Å². The summed E-state index contributed by atoms with van der Waals surface area (Å²) in [7, 11) is 0. The summed E-state index contributed by atoms with van der Waals surface area (Å²) < 4.78 is 0. The van der Waals surface area contributed by atoms with Gasteiger partial charge in [-0.25, -0.2) is 0 Å². The van der Waals surface area contributed by atoms with Crippen LogP contribution < -0.4 is 0 Å². The molecule has 0 rings (SSSR count). The zero-order valence-electron chi connectivity index (χ0n) is 3.86. The Morgan fingerprint density at radius 2 is 1.80 bits per heavy atom. The van der Waals surface area contributed by atoms with Crippen molar-refractivity contribution in [1.29, 1.82) is 0 Å². The molecule has 0 spiro atoms. The molecule has 1 radical (unpaired) electrons. The van der Waals surface area contributed by atoms with Gasteiger partial charge in [0, 0.05) is 36.2 Å². The second-order valence-electron chi connectivity index (χ2n) is 0.724. The van der Waals surface area contributed by atoms with Gasteiger partial charge in [0.15, 0.2) is 0 Å². The second kappa shape index (κ2) is 8.88. The fraction of sp³-hybridized carbons (Fsp3) is 1.00. The first-order valence-corrected chi connectivity index (χ1v) is 1.52. The number of hydrogen-bond donors (Lipinski definition) is 1. The number of aliphatic hydroxyl groups excluding tert-OH is 1.